The molecule has 0 bridgehead atoms. The Balaban J connectivity index is 2.01. The SMILES string of the molecule is CC(Nc1ncnc(N)c1C#N)c1nc2c(S(C)(=O)=O)cccc2[nH]1. The van der Waals surface area contributed by atoms with Crippen LogP contribution in [0.15, 0.2) is 29.4 Å². The van der Waals surface area contributed by atoms with E-state index < -0.39 is 9.84 Å². The second-order valence-electron chi connectivity index (χ2n) is 5.51. The second kappa shape index (κ2) is 6.03. The van der Waals surface area contributed by atoms with Crippen molar-refractivity contribution in [1.29, 1.82) is 5.26 Å². The Labute approximate surface area is 143 Å². The van der Waals surface area contributed by atoms with E-state index in [2.05, 4.69) is 25.3 Å². The van der Waals surface area contributed by atoms with Crippen LogP contribution in [0.3, 0.4) is 0 Å². The van der Waals surface area contributed by atoms with Crippen LogP contribution >= 0.6 is 0 Å². The number of sulfone groups is 1. The normalized spacial score (nSPS) is 12.7. The van der Waals surface area contributed by atoms with Crippen LogP contribution in [0.5, 0.6) is 0 Å². The Morgan fingerprint density at radius 3 is 2.80 bits per heavy atom. The number of hydrogen-bond donors (Lipinski definition) is 3. The number of aromatic nitrogens is 4. The summed E-state index contributed by atoms with van der Waals surface area (Å²) in [4.78, 5) is 15.4. The van der Waals surface area contributed by atoms with Crippen LogP contribution in [0.2, 0.25) is 0 Å². The minimum atomic E-state index is -3.40. The molecule has 1 unspecified atom stereocenters. The molecular formula is C15H15N7O2S. The van der Waals surface area contributed by atoms with E-state index in [1.807, 2.05) is 6.07 Å². The van der Waals surface area contributed by atoms with Crippen molar-refractivity contribution < 1.29 is 8.42 Å². The number of hydrogen-bond acceptors (Lipinski definition) is 8. The van der Waals surface area contributed by atoms with E-state index in [9.17, 15) is 13.7 Å². The zero-order valence-electron chi connectivity index (χ0n) is 13.5. The van der Waals surface area contributed by atoms with Gasteiger partial charge in [-0.2, -0.15) is 5.26 Å². The summed E-state index contributed by atoms with van der Waals surface area (Å²) in [5.41, 5.74) is 6.79. The average molecular weight is 357 g/mol. The number of nitrogens with one attached hydrogen (secondary N) is 2. The maximum absolute atomic E-state index is 11.9. The summed E-state index contributed by atoms with van der Waals surface area (Å²) in [6.07, 6.45) is 2.40. The highest BCUT2D eigenvalue weighted by Crippen LogP contribution is 2.25. The summed E-state index contributed by atoms with van der Waals surface area (Å²) in [7, 11) is -3.40. The molecule has 0 fully saturated rings. The third kappa shape index (κ3) is 3.09. The van der Waals surface area contributed by atoms with Gasteiger partial charge in [0.2, 0.25) is 0 Å². The summed E-state index contributed by atoms with van der Waals surface area (Å²) < 4.78 is 23.8. The van der Waals surface area contributed by atoms with Crippen LogP contribution in [-0.4, -0.2) is 34.6 Å². The molecule has 0 saturated carbocycles. The third-order valence-corrected chi connectivity index (χ3v) is 4.77. The van der Waals surface area contributed by atoms with Crippen molar-refractivity contribution in [2.24, 2.45) is 0 Å². The standard InChI is InChI=1S/C15H15N7O2S/c1-8(20-15-9(6-16)13(17)18-7-19-15)14-21-10-4-3-5-11(12(10)22-14)25(2,23)24/h3-5,7-8H,1-2H3,(H,21,22)(H3,17,18,19,20). The molecule has 0 spiro atoms. The molecule has 0 amide bonds. The van der Waals surface area contributed by atoms with E-state index in [0.717, 1.165) is 6.26 Å². The van der Waals surface area contributed by atoms with Crippen molar-refractivity contribution in [3.05, 3.63) is 35.9 Å². The predicted octanol–water partition coefficient (Wildman–Crippen LogP) is 1.38. The van der Waals surface area contributed by atoms with Crippen molar-refractivity contribution in [2.45, 2.75) is 17.9 Å². The average Bonchev–Trinajstić information content (AvgIpc) is 2.98. The number of anilines is 2. The van der Waals surface area contributed by atoms with Crippen LogP contribution in [-0.2, 0) is 9.84 Å². The Hall–Kier alpha value is -3.19. The first-order valence-electron chi connectivity index (χ1n) is 7.27. The molecule has 0 aliphatic carbocycles. The van der Waals surface area contributed by atoms with Gasteiger partial charge in [0, 0.05) is 6.26 Å². The fraction of sp³-hybridized carbons (Fsp3) is 0.200. The maximum Gasteiger partial charge on any atom is 0.177 e. The molecule has 25 heavy (non-hydrogen) atoms. The molecule has 0 saturated heterocycles. The van der Waals surface area contributed by atoms with Gasteiger partial charge in [0.15, 0.2) is 9.84 Å². The summed E-state index contributed by atoms with van der Waals surface area (Å²) >= 11 is 0. The largest absolute Gasteiger partial charge is 0.382 e. The van der Waals surface area contributed by atoms with Crippen molar-refractivity contribution >= 4 is 32.5 Å². The van der Waals surface area contributed by atoms with E-state index in [0.29, 0.717) is 16.9 Å². The Morgan fingerprint density at radius 1 is 1.36 bits per heavy atom. The fourth-order valence-electron chi connectivity index (χ4n) is 2.42. The van der Waals surface area contributed by atoms with Gasteiger partial charge in [0.25, 0.3) is 0 Å². The van der Waals surface area contributed by atoms with Gasteiger partial charge in [-0.3, -0.25) is 0 Å². The van der Waals surface area contributed by atoms with Crippen molar-refractivity contribution in [2.75, 3.05) is 17.3 Å². The van der Waals surface area contributed by atoms with Gasteiger partial charge in [0.05, 0.1) is 16.5 Å². The number of rotatable bonds is 4. The van der Waals surface area contributed by atoms with Gasteiger partial charge in [-0.15, -0.1) is 0 Å². The van der Waals surface area contributed by atoms with E-state index in [1.165, 1.54) is 12.4 Å². The lowest BCUT2D eigenvalue weighted by Gasteiger charge is -2.13. The zero-order valence-corrected chi connectivity index (χ0v) is 14.3. The lowest BCUT2D eigenvalue weighted by atomic mass is 10.2. The molecule has 4 N–H and O–H groups in total. The summed E-state index contributed by atoms with van der Waals surface area (Å²) in [5.74, 6) is 0.870. The first kappa shape index (κ1) is 16.7. The van der Waals surface area contributed by atoms with Gasteiger partial charge >= 0.3 is 0 Å². The number of aromatic amines is 1. The molecule has 1 aromatic carbocycles. The highest BCUT2D eigenvalue weighted by molar-refractivity contribution is 7.91. The molecule has 9 nitrogen and oxygen atoms in total. The first-order valence-corrected chi connectivity index (χ1v) is 9.16. The smallest absolute Gasteiger partial charge is 0.177 e. The van der Waals surface area contributed by atoms with E-state index >= 15 is 0 Å². The summed E-state index contributed by atoms with van der Waals surface area (Å²) in [6.45, 7) is 1.80. The fourth-order valence-corrected chi connectivity index (χ4v) is 3.25. The summed E-state index contributed by atoms with van der Waals surface area (Å²) in [6, 6.07) is 6.49. The number of nitrogen functional groups attached to an aromatic ring is 1. The number of fused-ring (bicyclic) bond motifs is 1. The van der Waals surface area contributed by atoms with Crippen LogP contribution in [0.25, 0.3) is 11.0 Å². The highest BCUT2D eigenvalue weighted by atomic mass is 32.2. The Kier molecular flexibility index (Phi) is 4.02. The molecule has 3 rings (SSSR count). The number of benzene rings is 1. The van der Waals surface area contributed by atoms with E-state index in [-0.39, 0.29) is 28.1 Å². The van der Waals surface area contributed by atoms with Crippen LogP contribution in [0, 0.1) is 11.3 Å². The lowest BCUT2D eigenvalue weighted by Crippen LogP contribution is -2.12. The monoisotopic (exact) mass is 357 g/mol. The zero-order chi connectivity index (χ0) is 18.2. The lowest BCUT2D eigenvalue weighted by molar-refractivity contribution is 0.602. The molecule has 0 aliphatic heterocycles. The topological polar surface area (TPSA) is 150 Å². The van der Waals surface area contributed by atoms with E-state index in [1.54, 1.807) is 19.1 Å². The van der Waals surface area contributed by atoms with Crippen LogP contribution < -0.4 is 11.1 Å². The quantitative estimate of drug-likeness (QED) is 0.633. The second-order valence-corrected chi connectivity index (χ2v) is 7.49. The van der Waals surface area contributed by atoms with Crippen molar-refractivity contribution in [1.82, 2.24) is 19.9 Å². The molecule has 0 aliphatic rings. The summed E-state index contributed by atoms with van der Waals surface area (Å²) in [5, 5.41) is 12.2. The molecule has 128 valence electrons. The number of imidazole rings is 1. The molecule has 10 heteroatoms. The molecule has 2 heterocycles. The number of nitrogens with two attached hydrogens (primary N) is 1. The molecule has 1 atom stereocenters. The number of para-hydroxylation sites is 1. The van der Waals surface area contributed by atoms with Crippen LogP contribution in [0.4, 0.5) is 11.6 Å². The van der Waals surface area contributed by atoms with Crippen molar-refractivity contribution in [3.8, 4) is 6.07 Å². The Morgan fingerprint density at radius 2 is 2.12 bits per heavy atom. The molecule has 0 radical (unpaired) electrons. The number of nitrogens with zero attached hydrogens (tertiary/aromatic N) is 4. The molecular weight excluding hydrogens is 342 g/mol. The first-order chi connectivity index (χ1) is 11.8. The predicted molar refractivity (Wildman–Crippen MR) is 92.4 cm³/mol. The van der Waals surface area contributed by atoms with Gasteiger partial charge in [0.1, 0.15) is 40.9 Å². The minimum absolute atomic E-state index is 0.0798. The van der Waals surface area contributed by atoms with Crippen LogP contribution in [0.1, 0.15) is 24.4 Å². The number of H-pyrrole nitrogens is 1. The van der Waals surface area contributed by atoms with Crippen molar-refractivity contribution in [3.63, 3.8) is 0 Å². The van der Waals surface area contributed by atoms with E-state index in [4.69, 9.17) is 5.73 Å². The van der Waals surface area contributed by atoms with Gasteiger partial charge in [-0.05, 0) is 19.1 Å². The van der Waals surface area contributed by atoms with Gasteiger partial charge in [-0.25, -0.2) is 23.4 Å². The third-order valence-electron chi connectivity index (χ3n) is 3.65. The molecule has 3 aromatic rings. The number of nitriles is 1. The van der Waals surface area contributed by atoms with Gasteiger partial charge < -0.3 is 16.0 Å². The highest BCUT2D eigenvalue weighted by Gasteiger charge is 2.19. The minimum Gasteiger partial charge on any atom is -0.382 e. The molecule has 2 aromatic heterocycles. The Bertz CT molecular complexity index is 1100. The maximum atomic E-state index is 11.9. The van der Waals surface area contributed by atoms with Gasteiger partial charge in [-0.1, -0.05) is 6.07 Å².